The van der Waals surface area contributed by atoms with Crippen molar-refractivity contribution in [2.45, 2.75) is 6.92 Å². The van der Waals surface area contributed by atoms with Gasteiger partial charge in [-0.15, -0.1) is 10.2 Å². The molecular weight excluding hydrogens is 378 g/mol. The fourth-order valence-corrected chi connectivity index (χ4v) is 2.95. The molecule has 7 heteroatoms. The summed E-state index contributed by atoms with van der Waals surface area (Å²) in [5, 5.41) is 12.7. The van der Waals surface area contributed by atoms with Gasteiger partial charge in [-0.1, -0.05) is 59.2 Å². The average molecular weight is 394 g/mol. The van der Waals surface area contributed by atoms with E-state index >= 15 is 0 Å². The molecule has 0 radical (unpaired) electrons. The number of halogens is 1. The second-order valence-electron chi connectivity index (χ2n) is 6.01. The number of ether oxygens (including phenoxy) is 1. The summed E-state index contributed by atoms with van der Waals surface area (Å²) >= 11 is 6.38. The maximum Gasteiger partial charge on any atom is 0.259 e. The van der Waals surface area contributed by atoms with E-state index in [1.165, 1.54) is 0 Å². The summed E-state index contributed by atoms with van der Waals surface area (Å²) < 4.78 is 16.3. The van der Waals surface area contributed by atoms with E-state index in [2.05, 4.69) is 15.4 Å². The molecule has 0 fully saturated rings. The Bertz CT molecular complexity index is 1120. The SMILES string of the molecule is COc1ccc(/C=C(\Cl)c2nnc(-c3c(-c4ccccc4)noc3C)o2)cc1. The van der Waals surface area contributed by atoms with Crippen molar-refractivity contribution in [1.29, 1.82) is 0 Å². The van der Waals surface area contributed by atoms with Gasteiger partial charge in [0.15, 0.2) is 0 Å². The highest BCUT2D eigenvalue weighted by Gasteiger charge is 2.22. The van der Waals surface area contributed by atoms with E-state index in [1.807, 2.05) is 54.6 Å². The minimum Gasteiger partial charge on any atom is -0.497 e. The minimum atomic E-state index is 0.215. The van der Waals surface area contributed by atoms with E-state index in [9.17, 15) is 0 Å². The van der Waals surface area contributed by atoms with Gasteiger partial charge in [0.1, 0.15) is 27.8 Å². The van der Waals surface area contributed by atoms with Crippen LogP contribution < -0.4 is 4.74 Å². The zero-order valence-electron chi connectivity index (χ0n) is 15.2. The second-order valence-corrected chi connectivity index (χ2v) is 6.41. The summed E-state index contributed by atoms with van der Waals surface area (Å²) in [6.07, 6.45) is 1.75. The molecule has 0 amide bonds. The number of aromatic nitrogens is 3. The first-order chi connectivity index (χ1) is 13.7. The number of rotatable bonds is 5. The molecule has 2 aromatic carbocycles. The summed E-state index contributed by atoms with van der Waals surface area (Å²) in [7, 11) is 1.62. The van der Waals surface area contributed by atoms with E-state index < -0.39 is 0 Å². The van der Waals surface area contributed by atoms with Gasteiger partial charge >= 0.3 is 0 Å². The third kappa shape index (κ3) is 3.54. The van der Waals surface area contributed by atoms with Crippen LogP contribution in [0.3, 0.4) is 0 Å². The zero-order chi connectivity index (χ0) is 19.5. The first-order valence-corrected chi connectivity index (χ1v) is 8.90. The maximum atomic E-state index is 6.38. The molecule has 0 atom stereocenters. The van der Waals surface area contributed by atoms with Crippen LogP contribution in [-0.4, -0.2) is 22.5 Å². The standard InChI is InChI=1S/C21H16ClN3O3/c1-13-18(19(25-28-13)15-6-4-3-5-7-15)21-24-23-20(27-21)17(22)12-14-8-10-16(26-2)11-9-14/h3-12H,1-2H3/b17-12-. The Labute approximate surface area is 166 Å². The van der Waals surface area contributed by atoms with E-state index in [-0.39, 0.29) is 5.89 Å². The van der Waals surface area contributed by atoms with Crippen LogP contribution in [-0.2, 0) is 0 Å². The molecule has 6 nitrogen and oxygen atoms in total. The third-order valence-corrected chi connectivity index (χ3v) is 4.43. The summed E-state index contributed by atoms with van der Waals surface area (Å²) in [4.78, 5) is 0. The lowest BCUT2D eigenvalue weighted by molar-refractivity contribution is 0.399. The Hall–Kier alpha value is -3.38. The Morgan fingerprint density at radius 3 is 2.50 bits per heavy atom. The number of hydrogen-bond acceptors (Lipinski definition) is 6. The molecule has 0 unspecified atom stereocenters. The first kappa shape index (κ1) is 18.0. The molecular formula is C21H16ClN3O3. The van der Waals surface area contributed by atoms with Crippen LogP contribution >= 0.6 is 11.6 Å². The Morgan fingerprint density at radius 2 is 1.79 bits per heavy atom. The predicted molar refractivity (Wildman–Crippen MR) is 107 cm³/mol. The highest BCUT2D eigenvalue weighted by atomic mass is 35.5. The lowest BCUT2D eigenvalue weighted by Gasteiger charge is -2.00. The minimum absolute atomic E-state index is 0.215. The number of nitrogens with zero attached hydrogens (tertiary/aromatic N) is 3. The van der Waals surface area contributed by atoms with Crippen molar-refractivity contribution < 1.29 is 13.7 Å². The van der Waals surface area contributed by atoms with E-state index in [4.69, 9.17) is 25.3 Å². The molecule has 28 heavy (non-hydrogen) atoms. The molecule has 4 aromatic rings. The van der Waals surface area contributed by atoms with Gasteiger partial charge in [-0.25, -0.2) is 0 Å². The van der Waals surface area contributed by atoms with Crippen molar-refractivity contribution >= 4 is 22.7 Å². The molecule has 2 heterocycles. The van der Waals surface area contributed by atoms with Gasteiger partial charge in [0.25, 0.3) is 11.8 Å². The van der Waals surface area contributed by atoms with Gasteiger partial charge in [-0.05, 0) is 30.7 Å². The van der Waals surface area contributed by atoms with Gasteiger partial charge in [0.05, 0.1) is 7.11 Å². The molecule has 0 spiro atoms. The number of methoxy groups -OCH3 is 1. The van der Waals surface area contributed by atoms with Gasteiger partial charge in [0.2, 0.25) is 0 Å². The lowest BCUT2D eigenvalue weighted by atomic mass is 10.1. The Balaban J connectivity index is 1.66. The molecule has 0 saturated carbocycles. The van der Waals surface area contributed by atoms with Crippen LogP contribution in [0.25, 0.3) is 33.8 Å². The molecule has 2 aromatic heterocycles. The van der Waals surface area contributed by atoms with E-state index in [0.29, 0.717) is 27.9 Å². The highest BCUT2D eigenvalue weighted by Crippen LogP contribution is 2.34. The van der Waals surface area contributed by atoms with Gasteiger partial charge in [-0.3, -0.25) is 0 Å². The van der Waals surface area contributed by atoms with Crippen molar-refractivity contribution in [3.8, 4) is 28.5 Å². The maximum absolute atomic E-state index is 6.38. The van der Waals surface area contributed by atoms with Crippen molar-refractivity contribution in [3.05, 3.63) is 71.8 Å². The molecule has 4 rings (SSSR count). The van der Waals surface area contributed by atoms with Crippen LogP contribution in [0.1, 0.15) is 17.2 Å². The summed E-state index contributed by atoms with van der Waals surface area (Å²) in [6.45, 7) is 1.80. The summed E-state index contributed by atoms with van der Waals surface area (Å²) in [5.74, 6) is 1.87. The fourth-order valence-electron chi connectivity index (χ4n) is 2.75. The highest BCUT2D eigenvalue weighted by molar-refractivity contribution is 6.50. The summed E-state index contributed by atoms with van der Waals surface area (Å²) in [6, 6.07) is 17.1. The smallest absolute Gasteiger partial charge is 0.259 e. The fraction of sp³-hybridized carbons (Fsp3) is 0.0952. The van der Waals surface area contributed by atoms with Crippen molar-refractivity contribution in [2.24, 2.45) is 0 Å². The predicted octanol–water partition coefficient (Wildman–Crippen LogP) is 5.45. The van der Waals surface area contributed by atoms with E-state index in [1.54, 1.807) is 20.1 Å². The van der Waals surface area contributed by atoms with Crippen LogP contribution in [0, 0.1) is 6.92 Å². The van der Waals surface area contributed by atoms with Crippen LogP contribution in [0.15, 0.2) is 63.5 Å². The Kier molecular flexibility index (Phi) is 4.95. The van der Waals surface area contributed by atoms with Gasteiger partial charge in [-0.2, -0.15) is 0 Å². The lowest BCUT2D eigenvalue weighted by Crippen LogP contribution is -1.84. The second kappa shape index (κ2) is 7.70. The van der Waals surface area contributed by atoms with Crippen molar-refractivity contribution in [1.82, 2.24) is 15.4 Å². The molecule has 140 valence electrons. The first-order valence-electron chi connectivity index (χ1n) is 8.53. The molecule has 0 bridgehead atoms. The molecule has 0 N–H and O–H groups in total. The molecule has 0 aliphatic rings. The van der Waals surface area contributed by atoms with Gasteiger partial charge < -0.3 is 13.7 Å². The number of aryl methyl sites for hydroxylation is 1. The Morgan fingerprint density at radius 1 is 1.04 bits per heavy atom. The average Bonchev–Trinajstić information content (AvgIpc) is 3.36. The normalized spacial score (nSPS) is 11.6. The quantitative estimate of drug-likeness (QED) is 0.449. The molecule has 0 aliphatic heterocycles. The van der Waals surface area contributed by atoms with Crippen molar-refractivity contribution in [3.63, 3.8) is 0 Å². The van der Waals surface area contributed by atoms with E-state index in [0.717, 1.165) is 16.9 Å². The molecule has 0 saturated heterocycles. The van der Waals surface area contributed by atoms with Gasteiger partial charge in [0, 0.05) is 5.56 Å². The number of hydrogen-bond donors (Lipinski definition) is 0. The molecule has 0 aliphatic carbocycles. The largest absolute Gasteiger partial charge is 0.497 e. The summed E-state index contributed by atoms with van der Waals surface area (Å²) in [5.41, 5.74) is 3.08. The van der Waals surface area contributed by atoms with Crippen molar-refractivity contribution in [2.75, 3.05) is 7.11 Å². The topological polar surface area (TPSA) is 74.2 Å². The van der Waals surface area contributed by atoms with Crippen LogP contribution in [0.4, 0.5) is 0 Å². The van der Waals surface area contributed by atoms with Crippen LogP contribution in [0.2, 0.25) is 0 Å². The zero-order valence-corrected chi connectivity index (χ0v) is 16.0. The third-order valence-electron chi connectivity index (χ3n) is 4.16. The monoisotopic (exact) mass is 393 g/mol. The van der Waals surface area contributed by atoms with Crippen LogP contribution in [0.5, 0.6) is 5.75 Å². The number of benzene rings is 2.